The van der Waals surface area contributed by atoms with Crippen LogP contribution in [-0.4, -0.2) is 62.2 Å². The number of carbonyl (C=O) groups is 4. The summed E-state index contributed by atoms with van der Waals surface area (Å²) < 4.78 is 15.4. The summed E-state index contributed by atoms with van der Waals surface area (Å²) in [4.78, 5) is 52.2. The zero-order valence-corrected chi connectivity index (χ0v) is 18.5. The fourth-order valence-electron chi connectivity index (χ4n) is 3.34. The van der Waals surface area contributed by atoms with Crippen molar-refractivity contribution in [3.05, 3.63) is 48.0 Å². The van der Waals surface area contributed by atoms with Gasteiger partial charge in [0.15, 0.2) is 0 Å². The fourth-order valence-corrected chi connectivity index (χ4v) is 3.34. The number of likely N-dealkylation sites (N-methyl/N-ethyl adjacent to an activating group) is 1. The number of methoxy groups -OCH3 is 2. The molecule has 11 heteroatoms. The summed E-state index contributed by atoms with van der Waals surface area (Å²) in [6.07, 6.45) is -1.21. The average molecular weight is 456 g/mol. The van der Waals surface area contributed by atoms with E-state index in [1.54, 1.807) is 24.3 Å². The van der Waals surface area contributed by atoms with Gasteiger partial charge in [-0.05, 0) is 42.5 Å². The summed E-state index contributed by atoms with van der Waals surface area (Å²) in [7, 11) is 4.21. The molecule has 1 aliphatic heterocycles. The quantitative estimate of drug-likeness (QED) is 0.487. The summed E-state index contributed by atoms with van der Waals surface area (Å²) in [6.45, 7) is 1.19. The van der Waals surface area contributed by atoms with Crippen molar-refractivity contribution in [2.24, 2.45) is 5.73 Å². The van der Waals surface area contributed by atoms with Gasteiger partial charge < -0.3 is 25.3 Å². The van der Waals surface area contributed by atoms with Gasteiger partial charge in [0.2, 0.25) is 0 Å². The van der Waals surface area contributed by atoms with Gasteiger partial charge in [-0.2, -0.15) is 0 Å². The van der Waals surface area contributed by atoms with E-state index in [9.17, 15) is 19.2 Å². The first-order valence-electron chi connectivity index (χ1n) is 9.85. The molecule has 3 N–H and O–H groups in total. The van der Waals surface area contributed by atoms with E-state index in [2.05, 4.69) is 5.32 Å². The van der Waals surface area contributed by atoms with Crippen LogP contribution < -0.4 is 30.2 Å². The van der Waals surface area contributed by atoms with Gasteiger partial charge in [0, 0.05) is 19.7 Å². The molecule has 0 spiro atoms. The van der Waals surface area contributed by atoms with E-state index in [-0.39, 0.29) is 11.3 Å². The number of nitrogens with one attached hydrogen (secondary N) is 1. The van der Waals surface area contributed by atoms with Gasteiger partial charge in [-0.15, -0.1) is 0 Å². The second-order valence-electron chi connectivity index (χ2n) is 7.15. The van der Waals surface area contributed by atoms with Crippen LogP contribution >= 0.6 is 0 Å². The maximum Gasteiger partial charge on any atom is 0.332 e. The van der Waals surface area contributed by atoms with Gasteiger partial charge in [-0.3, -0.25) is 24.2 Å². The van der Waals surface area contributed by atoms with E-state index in [0.717, 1.165) is 4.90 Å². The second-order valence-corrected chi connectivity index (χ2v) is 7.15. The van der Waals surface area contributed by atoms with E-state index >= 15 is 0 Å². The van der Waals surface area contributed by atoms with Gasteiger partial charge in [0.25, 0.3) is 11.8 Å². The molecule has 0 saturated carbocycles. The summed E-state index contributed by atoms with van der Waals surface area (Å²) in [5.41, 5.74) is 6.64. The number of ether oxygens (including phenoxy) is 3. The number of anilines is 1. The van der Waals surface area contributed by atoms with Crippen molar-refractivity contribution < 1.29 is 33.4 Å². The number of nitrogens with zero attached hydrogens (tertiary/aromatic N) is 2. The predicted octanol–water partition coefficient (Wildman–Crippen LogP) is 1.11. The fraction of sp³-hybridized carbons (Fsp3) is 0.273. The standard InChI is InChI=1S/C22H24N4O7/c1-12(27)33-17-10-9-15(32-4)11-16(17)20(28)24-18-19(23)26(22(30)25(2)21(18)29)13-5-7-14(31-3)8-6-13/h5-11,18-19H,23H2,1-4H3,(H,24,28). The molecule has 0 radical (unpaired) electrons. The number of esters is 1. The molecule has 174 valence electrons. The smallest absolute Gasteiger partial charge is 0.332 e. The minimum Gasteiger partial charge on any atom is -0.497 e. The van der Waals surface area contributed by atoms with Crippen molar-refractivity contribution in [1.29, 1.82) is 0 Å². The number of imide groups is 1. The normalized spacial score (nSPS) is 18.1. The summed E-state index contributed by atoms with van der Waals surface area (Å²) in [5, 5.41) is 2.55. The largest absolute Gasteiger partial charge is 0.497 e. The number of benzene rings is 2. The number of carbonyl (C=O) groups excluding carboxylic acids is 4. The first kappa shape index (κ1) is 23.5. The molecule has 0 aromatic heterocycles. The Bertz CT molecular complexity index is 1090. The van der Waals surface area contributed by atoms with Crippen molar-refractivity contribution in [3.8, 4) is 17.2 Å². The van der Waals surface area contributed by atoms with E-state index in [1.807, 2.05) is 0 Å². The third-order valence-electron chi connectivity index (χ3n) is 5.05. The lowest BCUT2D eigenvalue weighted by Crippen LogP contribution is -2.71. The molecule has 33 heavy (non-hydrogen) atoms. The Morgan fingerprint density at radius 2 is 1.61 bits per heavy atom. The molecule has 2 aromatic carbocycles. The highest BCUT2D eigenvalue weighted by atomic mass is 16.5. The molecule has 0 aliphatic carbocycles. The van der Waals surface area contributed by atoms with Crippen LogP contribution in [0.2, 0.25) is 0 Å². The van der Waals surface area contributed by atoms with Crippen LogP contribution in [0.4, 0.5) is 10.5 Å². The van der Waals surface area contributed by atoms with Crippen LogP contribution in [0.15, 0.2) is 42.5 Å². The third-order valence-corrected chi connectivity index (χ3v) is 5.05. The number of amides is 4. The molecular weight excluding hydrogens is 432 g/mol. The minimum atomic E-state index is -1.28. The summed E-state index contributed by atoms with van der Waals surface area (Å²) >= 11 is 0. The highest BCUT2D eigenvalue weighted by Crippen LogP contribution is 2.27. The molecule has 1 heterocycles. The first-order chi connectivity index (χ1) is 15.7. The Labute approximate surface area is 190 Å². The number of rotatable bonds is 6. The zero-order chi connectivity index (χ0) is 24.3. The van der Waals surface area contributed by atoms with E-state index < -0.39 is 36.0 Å². The molecular formula is C22H24N4O7. The van der Waals surface area contributed by atoms with Crippen molar-refractivity contribution in [3.63, 3.8) is 0 Å². The lowest BCUT2D eigenvalue weighted by molar-refractivity contribution is -0.132. The van der Waals surface area contributed by atoms with Crippen LogP contribution in [-0.2, 0) is 9.59 Å². The van der Waals surface area contributed by atoms with Gasteiger partial charge in [0.05, 0.1) is 19.8 Å². The molecule has 1 saturated heterocycles. The van der Waals surface area contributed by atoms with E-state index in [4.69, 9.17) is 19.9 Å². The molecule has 0 bridgehead atoms. The highest BCUT2D eigenvalue weighted by Gasteiger charge is 2.45. The summed E-state index contributed by atoms with van der Waals surface area (Å²) in [5.74, 6) is -1.17. The number of hydrogen-bond acceptors (Lipinski definition) is 8. The van der Waals surface area contributed by atoms with Gasteiger partial charge in [-0.1, -0.05) is 0 Å². The number of nitrogens with two attached hydrogens (primary N) is 1. The zero-order valence-electron chi connectivity index (χ0n) is 18.5. The van der Waals surface area contributed by atoms with Crippen molar-refractivity contribution in [2.45, 2.75) is 19.1 Å². The highest BCUT2D eigenvalue weighted by molar-refractivity contribution is 6.10. The predicted molar refractivity (Wildman–Crippen MR) is 117 cm³/mol. The van der Waals surface area contributed by atoms with E-state index in [0.29, 0.717) is 17.2 Å². The van der Waals surface area contributed by atoms with E-state index in [1.165, 1.54) is 51.3 Å². The van der Waals surface area contributed by atoms with Crippen molar-refractivity contribution in [2.75, 3.05) is 26.2 Å². The lowest BCUT2D eigenvalue weighted by atomic mass is 10.1. The van der Waals surface area contributed by atoms with Crippen LogP contribution in [0, 0.1) is 0 Å². The molecule has 2 unspecified atom stereocenters. The molecule has 3 rings (SSSR count). The minimum absolute atomic E-state index is 0.0194. The van der Waals surface area contributed by atoms with Crippen LogP contribution in [0.25, 0.3) is 0 Å². The van der Waals surface area contributed by atoms with Gasteiger partial charge in [0.1, 0.15) is 29.5 Å². The molecule has 2 atom stereocenters. The lowest BCUT2D eigenvalue weighted by Gasteiger charge is -2.41. The number of urea groups is 1. The Balaban J connectivity index is 1.93. The average Bonchev–Trinajstić information content (AvgIpc) is 2.80. The monoisotopic (exact) mass is 456 g/mol. The Morgan fingerprint density at radius 3 is 2.18 bits per heavy atom. The van der Waals surface area contributed by atoms with Crippen molar-refractivity contribution >= 4 is 29.5 Å². The molecule has 11 nitrogen and oxygen atoms in total. The molecule has 2 aromatic rings. The maximum atomic E-state index is 13.1. The maximum absolute atomic E-state index is 13.1. The Kier molecular flexibility index (Phi) is 6.83. The van der Waals surface area contributed by atoms with Crippen LogP contribution in [0.3, 0.4) is 0 Å². The van der Waals surface area contributed by atoms with Crippen LogP contribution in [0.5, 0.6) is 17.2 Å². The third kappa shape index (κ3) is 4.72. The Hall–Kier alpha value is -4.12. The second kappa shape index (κ2) is 9.57. The first-order valence-corrected chi connectivity index (χ1v) is 9.85. The molecule has 1 fully saturated rings. The number of hydrogen-bond donors (Lipinski definition) is 2. The molecule has 1 aliphatic rings. The Morgan fingerprint density at radius 1 is 1.00 bits per heavy atom. The SMILES string of the molecule is COc1ccc(N2C(=O)N(C)C(=O)C(NC(=O)c3cc(OC)ccc3OC(C)=O)C2N)cc1. The van der Waals surface area contributed by atoms with Crippen LogP contribution in [0.1, 0.15) is 17.3 Å². The van der Waals surface area contributed by atoms with Crippen molar-refractivity contribution in [1.82, 2.24) is 10.2 Å². The van der Waals surface area contributed by atoms with Gasteiger partial charge >= 0.3 is 12.0 Å². The molecule has 4 amide bonds. The summed E-state index contributed by atoms with van der Waals surface area (Å²) in [6, 6.07) is 8.86. The van der Waals surface area contributed by atoms with Gasteiger partial charge in [-0.25, -0.2) is 4.79 Å². The topological polar surface area (TPSA) is 141 Å².